The first kappa shape index (κ1) is 15.4. The molecule has 0 aliphatic carbocycles. The predicted molar refractivity (Wildman–Crippen MR) is 92.2 cm³/mol. The molecular formula is C17H14FN3OS. The lowest BCUT2D eigenvalue weighted by Crippen LogP contribution is -2.19. The average Bonchev–Trinajstić information content (AvgIpc) is 2.93. The Morgan fingerprint density at radius 3 is 2.87 bits per heavy atom. The molecule has 0 radical (unpaired) electrons. The maximum atomic E-state index is 13.2. The molecule has 1 N–H and O–H groups in total. The van der Waals surface area contributed by atoms with Gasteiger partial charge < -0.3 is 5.32 Å². The fourth-order valence-electron chi connectivity index (χ4n) is 2.26. The zero-order chi connectivity index (χ0) is 16.2. The Balaban J connectivity index is 1.81. The van der Waals surface area contributed by atoms with E-state index in [2.05, 4.69) is 15.5 Å². The molecule has 0 spiro atoms. The van der Waals surface area contributed by atoms with E-state index in [4.69, 9.17) is 0 Å². The van der Waals surface area contributed by atoms with Gasteiger partial charge in [0.25, 0.3) is 0 Å². The third-order valence-corrected chi connectivity index (χ3v) is 4.19. The first-order valence-electron chi connectivity index (χ1n) is 7.02. The van der Waals surface area contributed by atoms with Crippen molar-refractivity contribution in [2.45, 2.75) is 6.92 Å². The van der Waals surface area contributed by atoms with Crippen LogP contribution >= 0.6 is 11.8 Å². The van der Waals surface area contributed by atoms with Crippen LogP contribution in [0.3, 0.4) is 0 Å². The first-order chi connectivity index (χ1) is 11.1. The van der Waals surface area contributed by atoms with E-state index in [9.17, 15) is 9.18 Å². The average molecular weight is 327 g/mol. The molecule has 1 aliphatic rings. The number of aryl methyl sites for hydroxylation is 1. The van der Waals surface area contributed by atoms with Crippen LogP contribution in [0.25, 0.3) is 11.1 Å². The molecule has 0 saturated carbocycles. The number of amides is 1. The third kappa shape index (κ3) is 3.84. The number of thioether (sulfide) groups is 1. The van der Waals surface area contributed by atoms with Gasteiger partial charge in [-0.05, 0) is 47.4 Å². The standard InChI is InChI=1S/C17H14FN3OS/c1-11-7-14(18)5-6-15(11)13-4-2-3-12(8-13)9-19-21-17-20-16(22)10-23-17/h2-9H,10H2,1H3,(H,20,21,22). The Morgan fingerprint density at radius 2 is 2.13 bits per heavy atom. The summed E-state index contributed by atoms with van der Waals surface area (Å²) in [5, 5.41) is 11.1. The number of carbonyl (C=O) groups excluding carboxylic acids is 1. The summed E-state index contributed by atoms with van der Waals surface area (Å²) in [6.07, 6.45) is 1.63. The number of nitrogens with one attached hydrogen (secondary N) is 1. The van der Waals surface area contributed by atoms with Crippen LogP contribution in [0.2, 0.25) is 0 Å². The van der Waals surface area contributed by atoms with Crippen molar-refractivity contribution >= 4 is 29.1 Å². The summed E-state index contributed by atoms with van der Waals surface area (Å²) in [7, 11) is 0. The fraction of sp³-hybridized carbons (Fsp3) is 0.118. The number of rotatable bonds is 3. The largest absolute Gasteiger partial charge is 0.303 e. The quantitative estimate of drug-likeness (QED) is 0.694. The molecule has 1 saturated heterocycles. The molecule has 1 amide bonds. The molecule has 1 aliphatic heterocycles. The van der Waals surface area contributed by atoms with E-state index in [0.717, 1.165) is 22.3 Å². The van der Waals surface area contributed by atoms with Crippen LogP contribution in [0, 0.1) is 12.7 Å². The summed E-state index contributed by atoms with van der Waals surface area (Å²) < 4.78 is 13.2. The van der Waals surface area contributed by atoms with Crippen LogP contribution in [0.1, 0.15) is 11.1 Å². The minimum absolute atomic E-state index is 0.0577. The molecule has 0 aromatic heterocycles. The molecule has 2 aromatic rings. The zero-order valence-corrected chi connectivity index (χ0v) is 13.2. The molecule has 1 fully saturated rings. The second kappa shape index (κ2) is 6.75. The lowest BCUT2D eigenvalue weighted by Gasteiger charge is -2.06. The van der Waals surface area contributed by atoms with Crippen molar-refractivity contribution < 1.29 is 9.18 Å². The third-order valence-electron chi connectivity index (χ3n) is 3.33. The van der Waals surface area contributed by atoms with Gasteiger partial charge in [0.15, 0.2) is 5.17 Å². The maximum Gasteiger partial charge on any atom is 0.236 e. The molecular weight excluding hydrogens is 313 g/mol. The van der Waals surface area contributed by atoms with E-state index < -0.39 is 0 Å². The van der Waals surface area contributed by atoms with Crippen LogP contribution in [0.4, 0.5) is 4.39 Å². The molecule has 0 unspecified atom stereocenters. The van der Waals surface area contributed by atoms with Gasteiger partial charge in [-0.1, -0.05) is 36.0 Å². The summed E-state index contributed by atoms with van der Waals surface area (Å²) in [6.45, 7) is 1.88. The van der Waals surface area contributed by atoms with Crippen molar-refractivity contribution in [3.8, 4) is 11.1 Å². The van der Waals surface area contributed by atoms with Gasteiger partial charge in [-0.15, -0.1) is 5.10 Å². The van der Waals surface area contributed by atoms with Crippen molar-refractivity contribution in [2.75, 3.05) is 5.75 Å². The van der Waals surface area contributed by atoms with Crippen LogP contribution in [0.5, 0.6) is 0 Å². The van der Waals surface area contributed by atoms with Crippen molar-refractivity contribution in [3.05, 3.63) is 59.4 Å². The van der Waals surface area contributed by atoms with Crippen LogP contribution in [-0.2, 0) is 4.79 Å². The fourth-order valence-corrected chi connectivity index (χ4v) is 2.90. The Kier molecular flexibility index (Phi) is 4.52. The lowest BCUT2D eigenvalue weighted by atomic mass is 9.99. The minimum Gasteiger partial charge on any atom is -0.303 e. The minimum atomic E-state index is -0.240. The molecule has 0 atom stereocenters. The molecule has 0 bridgehead atoms. The molecule has 23 heavy (non-hydrogen) atoms. The molecule has 4 nitrogen and oxygen atoms in total. The topological polar surface area (TPSA) is 53.8 Å². The summed E-state index contributed by atoms with van der Waals surface area (Å²) in [5.41, 5.74) is 3.73. The van der Waals surface area contributed by atoms with Gasteiger partial charge in [-0.3, -0.25) is 4.79 Å². The van der Waals surface area contributed by atoms with Gasteiger partial charge >= 0.3 is 0 Å². The van der Waals surface area contributed by atoms with Gasteiger partial charge in [-0.2, -0.15) is 5.10 Å². The smallest absolute Gasteiger partial charge is 0.236 e. The predicted octanol–water partition coefficient (Wildman–Crippen LogP) is 3.35. The Bertz CT molecular complexity index is 817. The van der Waals surface area contributed by atoms with Gasteiger partial charge in [0, 0.05) is 0 Å². The highest BCUT2D eigenvalue weighted by Gasteiger charge is 2.15. The number of nitrogens with zero attached hydrogens (tertiary/aromatic N) is 2. The van der Waals surface area contributed by atoms with Gasteiger partial charge in [-0.25, -0.2) is 4.39 Å². The van der Waals surface area contributed by atoms with E-state index >= 15 is 0 Å². The number of halogens is 1. The molecule has 6 heteroatoms. The van der Waals surface area contributed by atoms with Crippen molar-refractivity contribution in [2.24, 2.45) is 10.2 Å². The normalized spacial score (nSPS) is 16.3. The van der Waals surface area contributed by atoms with Gasteiger partial charge in [0.05, 0.1) is 12.0 Å². The van der Waals surface area contributed by atoms with Crippen molar-refractivity contribution in [3.63, 3.8) is 0 Å². The van der Waals surface area contributed by atoms with Crippen molar-refractivity contribution in [1.29, 1.82) is 0 Å². The summed E-state index contributed by atoms with van der Waals surface area (Å²) in [5.74, 6) is 0.0851. The Morgan fingerprint density at radius 1 is 1.26 bits per heavy atom. The van der Waals surface area contributed by atoms with E-state index in [1.807, 2.05) is 31.2 Å². The van der Waals surface area contributed by atoms with Crippen LogP contribution in [-0.4, -0.2) is 23.0 Å². The van der Waals surface area contributed by atoms with Gasteiger partial charge in [0.2, 0.25) is 5.91 Å². The Hall–Kier alpha value is -2.47. The van der Waals surface area contributed by atoms with E-state index in [-0.39, 0.29) is 11.7 Å². The number of hydrogen-bond donors (Lipinski definition) is 1. The highest BCUT2D eigenvalue weighted by Crippen LogP contribution is 2.24. The summed E-state index contributed by atoms with van der Waals surface area (Å²) in [6, 6.07) is 12.5. The Labute approximate surface area is 137 Å². The van der Waals surface area contributed by atoms with E-state index in [0.29, 0.717) is 10.9 Å². The lowest BCUT2D eigenvalue weighted by molar-refractivity contribution is -0.116. The summed E-state index contributed by atoms with van der Waals surface area (Å²) in [4.78, 5) is 11.1. The highest BCUT2D eigenvalue weighted by molar-refractivity contribution is 8.15. The zero-order valence-electron chi connectivity index (χ0n) is 12.4. The molecule has 116 valence electrons. The van der Waals surface area contributed by atoms with Crippen LogP contribution < -0.4 is 5.32 Å². The van der Waals surface area contributed by atoms with E-state index in [1.54, 1.807) is 12.3 Å². The molecule has 1 heterocycles. The monoisotopic (exact) mass is 327 g/mol. The second-order valence-corrected chi connectivity index (χ2v) is 6.04. The highest BCUT2D eigenvalue weighted by atomic mass is 32.2. The van der Waals surface area contributed by atoms with Crippen molar-refractivity contribution in [1.82, 2.24) is 5.32 Å². The number of amidine groups is 1. The number of hydrogen-bond acceptors (Lipinski definition) is 4. The summed E-state index contributed by atoms with van der Waals surface area (Å²) >= 11 is 1.33. The molecule has 3 rings (SSSR count). The second-order valence-electron chi connectivity index (χ2n) is 5.07. The molecule has 2 aromatic carbocycles. The number of carbonyl (C=O) groups is 1. The first-order valence-corrected chi connectivity index (χ1v) is 8.00. The van der Waals surface area contributed by atoms with Gasteiger partial charge in [0.1, 0.15) is 5.82 Å². The maximum absolute atomic E-state index is 13.2. The van der Waals surface area contributed by atoms with Crippen LogP contribution in [0.15, 0.2) is 52.7 Å². The van der Waals surface area contributed by atoms with E-state index in [1.165, 1.54) is 23.9 Å². The SMILES string of the molecule is Cc1cc(F)ccc1-c1cccc(C=NN=C2NC(=O)CS2)c1. The number of benzene rings is 2.